The summed E-state index contributed by atoms with van der Waals surface area (Å²) >= 11 is 0. The van der Waals surface area contributed by atoms with Gasteiger partial charge in [0.05, 0.1) is 4.92 Å². The summed E-state index contributed by atoms with van der Waals surface area (Å²) in [4.78, 5) is 22.9. The first-order chi connectivity index (χ1) is 9.45. The van der Waals surface area contributed by atoms with Crippen molar-refractivity contribution in [3.05, 3.63) is 33.9 Å². The molecule has 0 radical (unpaired) electrons. The van der Waals surface area contributed by atoms with Gasteiger partial charge >= 0.3 is 0 Å². The molecule has 6 nitrogen and oxygen atoms in total. The lowest BCUT2D eigenvalue weighted by atomic mass is 9.99. The van der Waals surface area contributed by atoms with E-state index in [4.69, 9.17) is 0 Å². The second-order valence-corrected chi connectivity index (χ2v) is 5.46. The van der Waals surface area contributed by atoms with Gasteiger partial charge in [-0.3, -0.25) is 14.9 Å². The van der Waals surface area contributed by atoms with Crippen LogP contribution < -0.4 is 10.6 Å². The maximum Gasteiger partial charge on any atom is 0.282 e. The lowest BCUT2D eigenvalue weighted by Crippen LogP contribution is -2.43. The Kier molecular flexibility index (Phi) is 3.92. The van der Waals surface area contributed by atoms with Gasteiger partial charge in [0.25, 0.3) is 11.6 Å². The number of hydrogen-bond donors (Lipinski definition) is 2. The molecule has 6 heteroatoms. The Bertz CT molecular complexity index is 536. The molecule has 0 heterocycles. The zero-order valence-corrected chi connectivity index (χ0v) is 11.7. The van der Waals surface area contributed by atoms with Gasteiger partial charge in [0, 0.05) is 24.3 Å². The highest BCUT2D eigenvalue weighted by Crippen LogP contribution is 2.30. The van der Waals surface area contributed by atoms with Crippen molar-refractivity contribution in [2.75, 3.05) is 12.4 Å². The van der Waals surface area contributed by atoms with Gasteiger partial charge in [-0.1, -0.05) is 12.8 Å². The highest BCUT2D eigenvalue weighted by Gasteiger charge is 2.32. The van der Waals surface area contributed by atoms with E-state index in [1.807, 2.05) is 6.92 Å². The number of nitro groups is 1. The van der Waals surface area contributed by atoms with E-state index >= 15 is 0 Å². The molecule has 0 spiro atoms. The molecule has 2 rings (SSSR count). The molecule has 0 aliphatic heterocycles. The highest BCUT2D eigenvalue weighted by molar-refractivity contribution is 5.99. The van der Waals surface area contributed by atoms with Crippen LogP contribution in [0.2, 0.25) is 0 Å². The summed E-state index contributed by atoms with van der Waals surface area (Å²) in [5, 5.41) is 16.9. The van der Waals surface area contributed by atoms with Gasteiger partial charge in [0.15, 0.2) is 0 Å². The Balaban J connectivity index is 2.29. The smallest absolute Gasteiger partial charge is 0.282 e. The van der Waals surface area contributed by atoms with E-state index in [1.165, 1.54) is 12.1 Å². The van der Waals surface area contributed by atoms with Crippen molar-refractivity contribution in [1.29, 1.82) is 0 Å². The van der Waals surface area contributed by atoms with Crippen LogP contribution in [0.3, 0.4) is 0 Å². The molecule has 2 N–H and O–H groups in total. The van der Waals surface area contributed by atoms with Crippen LogP contribution in [0.1, 0.15) is 43.0 Å². The number of carbonyl (C=O) groups is 1. The van der Waals surface area contributed by atoms with Crippen molar-refractivity contribution in [2.24, 2.45) is 0 Å². The number of nitrogens with zero attached hydrogens (tertiary/aromatic N) is 1. The maximum absolute atomic E-state index is 12.4. The van der Waals surface area contributed by atoms with Crippen molar-refractivity contribution in [3.8, 4) is 0 Å². The van der Waals surface area contributed by atoms with Crippen molar-refractivity contribution < 1.29 is 9.72 Å². The molecule has 108 valence electrons. The number of amides is 1. The summed E-state index contributed by atoms with van der Waals surface area (Å²) in [6, 6.07) is 4.47. The number of hydrogen-bond acceptors (Lipinski definition) is 4. The van der Waals surface area contributed by atoms with E-state index in [0.29, 0.717) is 5.69 Å². The number of anilines is 1. The SMILES string of the molecule is CNc1ccc([N+](=O)[O-])c(C(=O)NC2(C)CCCC2)c1. The van der Waals surface area contributed by atoms with E-state index in [-0.39, 0.29) is 22.7 Å². The third-order valence-corrected chi connectivity index (χ3v) is 3.85. The minimum Gasteiger partial charge on any atom is -0.388 e. The van der Waals surface area contributed by atoms with E-state index in [9.17, 15) is 14.9 Å². The largest absolute Gasteiger partial charge is 0.388 e. The van der Waals surface area contributed by atoms with Crippen molar-refractivity contribution in [1.82, 2.24) is 5.32 Å². The lowest BCUT2D eigenvalue weighted by Gasteiger charge is -2.25. The Morgan fingerprint density at radius 1 is 1.35 bits per heavy atom. The molecule has 1 aliphatic rings. The minimum absolute atomic E-state index is 0.106. The van der Waals surface area contributed by atoms with Crippen LogP contribution in [0.15, 0.2) is 18.2 Å². The van der Waals surface area contributed by atoms with Crippen LogP contribution in [0.5, 0.6) is 0 Å². The van der Waals surface area contributed by atoms with Gasteiger partial charge < -0.3 is 10.6 Å². The molecule has 1 aromatic carbocycles. The van der Waals surface area contributed by atoms with Crippen molar-refractivity contribution in [2.45, 2.75) is 38.1 Å². The average Bonchev–Trinajstić information content (AvgIpc) is 2.84. The van der Waals surface area contributed by atoms with Crippen LogP contribution in [0.25, 0.3) is 0 Å². The Hall–Kier alpha value is -2.11. The van der Waals surface area contributed by atoms with Crippen LogP contribution in [-0.2, 0) is 0 Å². The number of benzene rings is 1. The summed E-state index contributed by atoms with van der Waals surface area (Å²) in [7, 11) is 1.71. The van der Waals surface area contributed by atoms with Gasteiger partial charge in [0.1, 0.15) is 5.56 Å². The number of nitrogens with one attached hydrogen (secondary N) is 2. The van der Waals surface area contributed by atoms with Gasteiger partial charge in [-0.25, -0.2) is 0 Å². The van der Waals surface area contributed by atoms with E-state index in [0.717, 1.165) is 25.7 Å². The topological polar surface area (TPSA) is 84.3 Å². The van der Waals surface area contributed by atoms with Crippen molar-refractivity contribution >= 4 is 17.3 Å². The Labute approximate surface area is 117 Å². The predicted octanol–water partition coefficient (Wildman–Crippen LogP) is 2.70. The molecule has 1 amide bonds. The number of carbonyl (C=O) groups excluding carboxylic acids is 1. The summed E-state index contributed by atoms with van der Waals surface area (Å²) in [5.74, 6) is -0.377. The molecule has 0 unspecified atom stereocenters. The predicted molar refractivity (Wildman–Crippen MR) is 77.0 cm³/mol. The molecule has 20 heavy (non-hydrogen) atoms. The molecule has 0 aromatic heterocycles. The Morgan fingerprint density at radius 2 is 2.00 bits per heavy atom. The monoisotopic (exact) mass is 277 g/mol. The first kappa shape index (κ1) is 14.3. The van der Waals surface area contributed by atoms with Crippen LogP contribution >= 0.6 is 0 Å². The third-order valence-electron chi connectivity index (χ3n) is 3.85. The molecule has 1 aromatic rings. The fourth-order valence-corrected chi connectivity index (χ4v) is 2.65. The van der Waals surface area contributed by atoms with E-state index in [2.05, 4.69) is 10.6 Å². The molecular weight excluding hydrogens is 258 g/mol. The first-order valence-corrected chi connectivity index (χ1v) is 6.74. The first-order valence-electron chi connectivity index (χ1n) is 6.74. The number of rotatable bonds is 4. The van der Waals surface area contributed by atoms with Gasteiger partial charge in [-0.05, 0) is 31.9 Å². The van der Waals surface area contributed by atoms with E-state index in [1.54, 1.807) is 13.1 Å². The van der Waals surface area contributed by atoms with Crippen LogP contribution in [-0.4, -0.2) is 23.4 Å². The minimum atomic E-state index is -0.522. The summed E-state index contributed by atoms with van der Waals surface area (Å²) in [6.45, 7) is 1.99. The molecule has 1 fully saturated rings. The quantitative estimate of drug-likeness (QED) is 0.654. The van der Waals surface area contributed by atoms with Crippen LogP contribution in [0.4, 0.5) is 11.4 Å². The zero-order chi connectivity index (χ0) is 14.8. The molecule has 0 atom stereocenters. The second-order valence-electron chi connectivity index (χ2n) is 5.46. The summed E-state index contributed by atoms with van der Waals surface area (Å²) < 4.78 is 0. The standard InChI is InChI=1S/C14H19N3O3/c1-14(7-3-4-8-14)16-13(18)11-9-10(15-2)5-6-12(11)17(19)20/h5-6,9,15H,3-4,7-8H2,1-2H3,(H,16,18). The van der Waals surface area contributed by atoms with Crippen molar-refractivity contribution in [3.63, 3.8) is 0 Å². The molecule has 0 bridgehead atoms. The fourth-order valence-electron chi connectivity index (χ4n) is 2.65. The Morgan fingerprint density at radius 3 is 2.55 bits per heavy atom. The molecular formula is C14H19N3O3. The van der Waals surface area contributed by atoms with E-state index < -0.39 is 4.92 Å². The van der Waals surface area contributed by atoms with Gasteiger partial charge in [-0.2, -0.15) is 0 Å². The summed E-state index contributed by atoms with van der Waals surface area (Å²) in [6.07, 6.45) is 3.99. The fraction of sp³-hybridized carbons (Fsp3) is 0.500. The van der Waals surface area contributed by atoms with Gasteiger partial charge in [-0.15, -0.1) is 0 Å². The maximum atomic E-state index is 12.4. The van der Waals surface area contributed by atoms with Crippen LogP contribution in [0, 0.1) is 10.1 Å². The molecule has 1 saturated carbocycles. The second kappa shape index (κ2) is 5.48. The van der Waals surface area contributed by atoms with Gasteiger partial charge in [0.2, 0.25) is 0 Å². The normalized spacial score (nSPS) is 16.7. The third kappa shape index (κ3) is 2.89. The lowest BCUT2D eigenvalue weighted by molar-refractivity contribution is -0.385. The zero-order valence-electron chi connectivity index (χ0n) is 11.7. The highest BCUT2D eigenvalue weighted by atomic mass is 16.6. The summed E-state index contributed by atoms with van der Waals surface area (Å²) in [5.41, 5.74) is 0.371. The molecule has 1 aliphatic carbocycles. The average molecular weight is 277 g/mol. The number of nitro benzene ring substituents is 1. The molecule has 0 saturated heterocycles.